The van der Waals surface area contributed by atoms with Gasteiger partial charge in [0.1, 0.15) is 0 Å². The van der Waals surface area contributed by atoms with Crippen LogP contribution >= 0.6 is 0 Å². The van der Waals surface area contributed by atoms with E-state index < -0.39 is 0 Å². The average molecular weight is 293 g/mol. The Labute approximate surface area is 134 Å². The summed E-state index contributed by atoms with van der Waals surface area (Å²) in [5.74, 6) is 0. The topological polar surface area (TPSA) is 4.93 Å². The molecule has 0 bridgehead atoms. The number of benzene rings is 2. The number of para-hydroxylation sites is 1. The number of aryl methyl sites for hydroxylation is 1. The summed E-state index contributed by atoms with van der Waals surface area (Å²) in [5.41, 5.74) is 6.66. The van der Waals surface area contributed by atoms with Gasteiger partial charge in [0.2, 0.25) is 0 Å². The Kier molecular flexibility index (Phi) is 5.07. The van der Waals surface area contributed by atoms with Crippen molar-refractivity contribution in [1.82, 2.24) is 4.57 Å². The zero-order chi connectivity index (χ0) is 16.3. The first-order chi connectivity index (χ1) is 10.6. The summed E-state index contributed by atoms with van der Waals surface area (Å²) in [5, 5.41) is 1.35. The second-order valence-corrected chi connectivity index (χ2v) is 5.81. The molecule has 0 N–H and O–H groups in total. The highest BCUT2D eigenvalue weighted by atomic mass is 15.0. The fraction of sp³-hybridized carbons (Fsp3) is 0.333. The molecule has 0 amide bonds. The van der Waals surface area contributed by atoms with Crippen LogP contribution in [-0.2, 0) is 0 Å². The molecule has 0 aliphatic rings. The standard InChI is InChI=1S/C19H21N.C2H6/c1-13(2)20-15(4)19(16-11-9-14(3)10-12-16)17-7-5-6-8-18(17)20;1-2/h5-13H,1-4H3;1-2H3. The lowest BCUT2D eigenvalue weighted by atomic mass is 10.0. The van der Waals surface area contributed by atoms with Crippen LogP contribution in [0.4, 0.5) is 0 Å². The van der Waals surface area contributed by atoms with Crippen LogP contribution in [0.1, 0.15) is 45.0 Å². The molecule has 1 nitrogen and oxygen atoms in total. The largest absolute Gasteiger partial charge is 0.342 e. The van der Waals surface area contributed by atoms with Gasteiger partial charge in [0.15, 0.2) is 0 Å². The molecule has 0 saturated heterocycles. The van der Waals surface area contributed by atoms with Gasteiger partial charge in [0.25, 0.3) is 0 Å². The van der Waals surface area contributed by atoms with Gasteiger partial charge in [0.05, 0.1) is 0 Å². The first kappa shape index (κ1) is 16.4. The summed E-state index contributed by atoms with van der Waals surface area (Å²) in [4.78, 5) is 0. The van der Waals surface area contributed by atoms with Crippen LogP contribution in [0.15, 0.2) is 48.5 Å². The highest BCUT2D eigenvalue weighted by Crippen LogP contribution is 2.36. The second kappa shape index (κ2) is 6.83. The van der Waals surface area contributed by atoms with Gasteiger partial charge in [-0.2, -0.15) is 0 Å². The quantitative estimate of drug-likeness (QED) is 0.506. The number of fused-ring (bicyclic) bond motifs is 1. The lowest BCUT2D eigenvalue weighted by molar-refractivity contribution is 0.608. The van der Waals surface area contributed by atoms with Gasteiger partial charge in [-0.05, 0) is 39.3 Å². The second-order valence-electron chi connectivity index (χ2n) is 5.81. The van der Waals surface area contributed by atoms with Gasteiger partial charge in [-0.3, -0.25) is 0 Å². The maximum Gasteiger partial charge on any atom is 0.0491 e. The van der Waals surface area contributed by atoms with Crippen LogP contribution in [0.25, 0.3) is 22.0 Å². The highest BCUT2D eigenvalue weighted by molar-refractivity contribution is 5.98. The molecule has 0 aliphatic heterocycles. The summed E-state index contributed by atoms with van der Waals surface area (Å²) in [6.45, 7) is 12.9. The maximum atomic E-state index is 2.44. The minimum absolute atomic E-state index is 0.471. The van der Waals surface area contributed by atoms with Crippen LogP contribution in [0.5, 0.6) is 0 Å². The summed E-state index contributed by atoms with van der Waals surface area (Å²) in [6.07, 6.45) is 0. The van der Waals surface area contributed by atoms with Crippen molar-refractivity contribution < 1.29 is 0 Å². The van der Waals surface area contributed by atoms with Gasteiger partial charge >= 0.3 is 0 Å². The molecule has 0 spiro atoms. The third-order valence-corrected chi connectivity index (χ3v) is 4.01. The van der Waals surface area contributed by atoms with Gasteiger partial charge in [0, 0.05) is 28.2 Å². The zero-order valence-corrected chi connectivity index (χ0v) is 14.6. The van der Waals surface area contributed by atoms with Crippen molar-refractivity contribution in [2.45, 2.75) is 47.6 Å². The Morgan fingerprint density at radius 3 is 2.00 bits per heavy atom. The van der Waals surface area contributed by atoms with E-state index in [1.54, 1.807) is 0 Å². The predicted molar refractivity (Wildman–Crippen MR) is 98.6 cm³/mol. The summed E-state index contributed by atoms with van der Waals surface area (Å²) in [7, 11) is 0. The molecule has 3 aromatic rings. The van der Waals surface area contributed by atoms with E-state index in [1.165, 1.54) is 33.3 Å². The molecule has 0 unspecified atom stereocenters. The zero-order valence-electron chi connectivity index (χ0n) is 14.6. The van der Waals surface area contributed by atoms with Gasteiger partial charge in [-0.1, -0.05) is 61.9 Å². The third-order valence-electron chi connectivity index (χ3n) is 4.01. The van der Waals surface area contributed by atoms with Crippen LogP contribution < -0.4 is 0 Å². The molecule has 116 valence electrons. The van der Waals surface area contributed by atoms with E-state index in [0.717, 1.165) is 0 Å². The van der Waals surface area contributed by atoms with Gasteiger partial charge in [-0.15, -0.1) is 0 Å². The summed E-state index contributed by atoms with van der Waals surface area (Å²) >= 11 is 0. The van der Waals surface area contributed by atoms with E-state index >= 15 is 0 Å². The molecular weight excluding hydrogens is 266 g/mol. The number of hydrogen-bond donors (Lipinski definition) is 0. The van der Waals surface area contributed by atoms with Crippen LogP contribution in [0.2, 0.25) is 0 Å². The predicted octanol–water partition coefficient (Wildman–Crippen LogP) is 6.53. The molecule has 0 saturated carbocycles. The normalized spacial score (nSPS) is 10.7. The van der Waals surface area contributed by atoms with Crippen LogP contribution in [0, 0.1) is 13.8 Å². The molecule has 22 heavy (non-hydrogen) atoms. The van der Waals surface area contributed by atoms with Crippen molar-refractivity contribution in [3.8, 4) is 11.1 Å². The van der Waals surface area contributed by atoms with Crippen molar-refractivity contribution in [2.75, 3.05) is 0 Å². The summed E-state index contributed by atoms with van der Waals surface area (Å²) in [6, 6.07) is 18.0. The van der Waals surface area contributed by atoms with E-state index in [0.29, 0.717) is 6.04 Å². The first-order valence-corrected chi connectivity index (χ1v) is 8.26. The monoisotopic (exact) mass is 293 g/mol. The van der Waals surface area contributed by atoms with Crippen LogP contribution in [0.3, 0.4) is 0 Å². The van der Waals surface area contributed by atoms with E-state index in [-0.39, 0.29) is 0 Å². The Morgan fingerprint density at radius 1 is 0.818 bits per heavy atom. The molecule has 2 aromatic carbocycles. The Hall–Kier alpha value is -2.02. The maximum absolute atomic E-state index is 2.44. The number of nitrogens with zero attached hydrogens (tertiary/aromatic N) is 1. The van der Waals surface area contributed by atoms with Gasteiger partial charge in [-0.25, -0.2) is 0 Å². The Morgan fingerprint density at radius 2 is 1.41 bits per heavy atom. The van der Waals surface area contributed by atoms with E-state index in [1.807, 2.05) is 13.8 Å². The first-order valence-electron chi connectivity index (χ1n) is 8.26. The van der Waals surface area contributed by atoms with Gasteiger partial charge < -0.3 is 4.57 Å². The Bertz CT molecular complexity index is 745. The van der Waals surface area contributed by atoms with Crippen LogP contribution in [-0.4, -0.2) is 4.57 Å². The summed E-state index contributed by atoms with van der Waals surface area (Å²) < 4.78 is 2.44. The molecule has 0 aliphatic carbocycles. The number of aromatic nitrogens is 1. The van der Waals surface area contributed by atoms with Crippen molar-refractivity contribution >= 4 is 10.9 Å². The number of rotatable bonds is 2. The molecule has 1 aromatic heterocycles. The minimum Gasteiger partial charge on any atom is -0.342 e. The van der Waals surface area contributed by atoms with Crippen molar-refractivity contribution in [3.63, 3.8) is 0 Å². The van der Waals surface area contributed by atoms with Crippen molar-refractivity contribution in [2.24, 2.45) is 0 Å². The highest BCUT2D eigenvalue weighted by Gasteiger charge is 2.16. The average Bonchev–Trinajstić information content (AvgIpc) is 2.82. The molecule has 0 atom stereocenters. The van der Waals surface area contributed by atoms with E-state index in [9.17, 15) is 0 Å². The fourth-order valence-corrected chi connectivity index (χ4v) is 3.14. The van der Waals surface area contributed by atoms with Crippen molar-refractivity contribution in [1.29, 1.82) is 0 Å². The Balaban J connectivity index is 0.000000847. The smallest absolute Gasteiger partial charge is 0.0491 e. The molecular formula is C21H27N. The minimum atomic E-state index is 0.471. The SMILES string of the molecule is CC.Cc1ccc(-c2c(C)n(C(C)C)c3ccccc23)cc1. The molecule has 0 fully saturated rings. The lowest BCUT2D eigenvalue weighted by Crippen LogP contribution is -2.02. The van der Waals surface area contributed by atoms with Crippen molar-refractivity contribution in [3.05, 3.63) is 59.8 Å². The molecule has 3 rings (SSSR count). The molecule has 1 heteroatoms. The third kappa shape index (κ3) is 2.81. The molecule has 0 radical (unpaired) electrons. The van der Waals surface area contributed by atoms with E-state index in [2.05, 4.69) is 80.8 Å². The van der Waals surface area contributed by atoms with E-state index in [4.69, 9.17) is 0 Å². The molecule has 1 heterocycles. The lowest BCUT2D eigenvalue weighted by Gasteiger charge is -2.12. The number of hydrogen-bond acceptors (Lipinski definition) is 0. The fourth-order valence-electron chi connectivity index (χ4n) is 3.14.